The number of aromatic nitrogens is 1. The fourth-order valence-electron chi connectivity index (χ4n) is 2.59. The van der Waals surface area contributed by atoms with E-state index < -0.39 is 0 Å². The van der Waals surface area contributed by atoms with Gasteiger partial charge >= 0.3 is 0 Å². The maximum atomic E-state index is 3.34. The highest BCUT2D eigenvalue weighted by molar-refractivity contribution is 5.82. The van der Waals surface area contributed by atoms with E-state index in [1.54, 1.807) is 0 Å². The number of aromatic amines is 1. The third kappa shape index (κ3) is 2.91. The van der Waals surface area contributed by atoms with Crippen molar-refractivity contribution in [2.45, 2.75) is 19.9 Å². The van der Waals surface area contributed by atoms with Crippen LogP contribution >= 0.6 is 0 Å². The number of H-pyrrole nitrogens is 1. The van der Waals surface area contributed by atoms with Gasteiger partial charge in [0, 0.05) is 29.1 Å². The molecule has 0 radical (unpaired) electrons. The van der Waals surface area contributed by atoms with Crippen LogP contribution in [0.2, 0.25) is 0 Å². The summed E-state index contributed by atoms with van der Waals surface area (Å²) in [5, 5.41) is 3.74. The second-order valence-electron chi connectivity index (χ2n) is 5.38. The quantitative estimate of drug-likeness (QED) is 0.665. The van der Waals surface area contributed by atoms with Crippen LogP contribution in [0, 0.1) is 6.92 Å². The zero-order valence-corrected chi connectivity index (χ0v) is 11.9. The molecule has 0 atom stereocenters. The maximum absolute atomic E-state index is 3.34. The summed E-state index contributed by atoms with van der Waals surface area (Å²) in [6.45, 7) is 4.31. The predicted molar refractivity (Wildman–Crippen MR) is 83.7 cm³/mol. The zero-order chi connectivity index (χ0) is 13.8. The van der Waals surface area contributed by atoms with Gasteiger partial charge in [0.25, 0.3) is 0 Å². The number of hydrogen-bond donors (Lipinski definition) is 2. The van der Waals surface area contributed by atoms with Gasteiger partial charge in [0.1, 0.15) is 6.54 Å². The number of rotatable bonds is 5. The van der Waals surface area contributed by atoms with Gasteiger partial charge in [-0.25, -0.2) is 0 Å². The molecule has 0 unspecified atom stereocenters. The molecule has 2 nitrogen and oxygen atoms in total. The van der Waals surface area contributed by atoms with Crippen molar-refractivity contribution in [1.29, 1.82) is 0 Å². The summed E-state index contributed by atoms with van der Waals surface area (Å²) in [6, 6.07) is 17.3. The number of quaternary nitrogens is 1. The molecule has 0 spiro atoms. The van der Waals surface area contributed by atoms with E-state index in [-0.39, 0.29) is 0 Å². The zero-order valence-electron chi connectivity index (χ0n) is 11.9. The fraction of sp³-hybridized carbons (Fsp3) is 0.222. The predicted octanol–water partition coefficient (Wildman–Crippen LogP) is 2.78. The van der Waals surface area contributed by atoms with Gasteiger partial charge < -0.3 is 10.3 Å². The second kappa shape index (κ2) is 5.93. The smallest absolute Gasteiger partial charge is 0.101 e. The lowest BCUT2D eigenvalue weighted by molar-refractivity contribution is -0.670. The Labute approximate surface area is 119 Å². The van der Waals surface area contributed by atoms with E-state index in [1.807, 2.05) is 0 Å². The van der Waals surface area contributed by atoms with Gasteiger partial charge in [0.05, 0.1) is 6.54 Å². The minimum absolute atomic E-state index is 1.06. The Hall–Kier alpha value is -2.06. The van der Waals surface area contributed by atoms with E-state index in [2.05, 4.69) is 72.0 Å². The maximum Gasteiger partial charge on any atom is 0.101 e. The van der Waals surface area contributed by atoms with Gasteiger partial charge in [-0.2, -0.15) is 0 Å². The Balaban J connectivity index is 1.54. The number of benzene rings is 2. The number of nitrogens with two attached hydrogens (primary N) is 1. The molecule has 0 aliphatic rings. The Morgan fingerprint density at radius 3 is 2.65 bits per heavy atom. The van der Waals surface area contributed by atoms with E-state index in [0.29, 0.717) is 0 Å². The molecule has 0 aliphatic heterocycles. The van der Waals surface area contributed by atoms with E-state index in [1.165, 1.54) is 27.6 Å². The van der Waals surface area contributed by atoms with E-state index in [0.717, 1.165) is 19.5 Å². The van der Waals surface area contributed by atoms with Crippen molar-refractivity contribution in [1.82, 2.24) is 4.98 Å². The summed E-state index contributed by atoms with van der Waals surface area (Å²) in [5.41, 5.74) is 5.38. The lowest BCUT2D eigenvalue weighted by atomic mass is 10.1. The average Bonchev–Trinajstić information content (AvgIpc) is 2.89. The van der Waals surface area contributed by atoms with Crippen molar-refractivity contribution < 1.29 is 5.32 Å². The number of aryl methyl sites for hydroxylation is 1. The molecule has 0 bridgehead atoms. The molecular weight excluding hydrogens is 244 g/mol. The molecule has 1 heterocycles. The van der Waals surface area contributed by atoms with E-state index in [9.17, 15) is 0 Å². The normalized spacial score (nSPS) is 11.1. The van der Waals surface area contributed by atoms with Crippen LogP contribution < -0.4 is 5.32 Å². The monoisotopic (exact) mass is 265 g/mol. The standard InChI is InChI=1S/C18H20N2/c1-14-6-8-15(9-7-14)12-19-11-10-16-13-20-18-5-3-2-4-17(16)18/h2-9,13,19-20H,10-12H2,1H3/p+1. The largest absolute Gasteiger partial charge is 0.361 e. The number of fused-ring (bicyclic) bond motifs is 1. The summed E-state index contributed by atoms with van der Waals surface area (Å²) in [5.74, 6) is 0. The molecule has 20 heavy (non-hydrogen) atoms. The van der Waals surface area contributed by atoms with Crippen molar-refractivity contribution in [3.8, 4) is 0 Å². The molecule has 0 fully saturated rings. The first-order valence-electron chi connectivity index (χ1n) is 7.25. The second-order valence-corrected chi connectivity index (χ2v) is 5.38. The molecule has 102 valence electrons. The van der Waals surface area contributed by atoms with E-state index in [4.69, 9.17) is 0 Å². The van der Waals surface area contributed by atoms with Crippen LogP contribution in [0.5, 0.6) is 0 Å². The van der Waals surface area contributed by atoms with Crippen LogP contribution in [0.25, 0.3) is 10.9 Å². The van der Waals surface area contributed by atoms with Crippen molar-refractivity contribution in [3.05, 3.63) is 71.4 Å². The SMILES string of the molecule is Cc1ccc(C[NH2+]CCc2c[nH]c3ccccc23)cc1. The van der Waals surface area contributed by atoms with Gasteiger partial charge in [-0.1, -0.05) is 48.0 Å². The van der Waals surface area contributed by atoms with Crippen molar-refractivity contribution in [2.75, 3.05) is 6.54 Å². The number of hydrogen-bond acceptors (Lipinski definition) is 0. The molecule has 3 N–H and O–H groups in total. The van der Waals surface area contributed by atoms with Crippen LogP contribution in [0.4, 0.5) is 0 Å². The molecule has 0 aliphatic carbocycles. The lowest BCUT2D eigenvalue weighted by Crippen LogP contribution is -2.83. The number of nitrogens with one attached hydrogen (secondary N) is 1. The minimum atomic E-state index is 1.06. The minimum Gasteiger partial charge on any atom is -0.361 e. The van der Waals surface area contributed by atoms with Crippen molar-refractivity contribution in [3.63, 3.8) is 0 Å². The topological polar surface area (TPSA) is 32.4 Å². The van der Waals surface area contributed by atoms with Gasteiger partial charge in [0.2, 0.25) is 0 Å². The Morgan fingerprint density at radius 2 is 1.80 bits per heavy atom. The number of para-hydroxylation sites is 1. The summed E-state index contributed by atoms with van der Waals surface area (Å²) in [6.07, 6.45) is 3.25. The average molecular weight is 265 g/mol. The summed E-state index contributed by atoms with van der Waals surface area (Å²) in [4.78, 5) is 3.34. The molecular formula is C18H21N2+. The molecule has 1 aromatic heterocycles. The highest BCUT2D eigenvalue weighted by Crippen LogP contribution is 2.17. The highest BCUT2D eigenvalue weighted by atomic mass is 14.8. The van der Waals surface area contributed by atoms with Crippen LogP contribution in [0.3, 0.4) is 0 Å². The molecule has 0 amide bonds. The van der Waals surface area contributed by atoms with Crippen molar-refractivity contribution in [2.24, 2.45) is 0 Å². The van der Waals surface area contributed by atoms with E-state index >= 15 is 0 Å². The Kier molecular flexibility index (Phi) is 3.84. The molecule has 3 rings (SSSR count). The highest BCUT2D eigenvalue weighted by Gasteiger charge is 2.03. The molecule has 0 saturated heterocycles. The first-order valence-corrected chi connectivity index (χ1v) is 7.25. The van der Waals surface area contributed by atoms with Gasteiger partial charge in [-0.3, -0.25) is 0 Å². The van der Waals surface area contributed by atoms with Crippen LogP contribution in [-0.4, -0.2) is 11.5 Å². The van der Waals surface area contributed by atoms with Crippen molar-refractivity contribution >= 4 is 10.9 Å². The van der Waals surface area contributed by atoms with Gasteiger partial charge in [-0.15, -0.1) is 0 Å². The summed E-state index contributed by atoms with van der Waals surface area (Å²) >= 11 is 0. The summed E-state index contributed by atoms with van der Waals surface area (Å²) in [7, 11) is 0. The lowest BCUT2D eigenvalue weighted by Gasteiger charge is -2.02. The fourth-order valence-corrected chi connectivity index (χ4v) is 2.59. The Bertz CT molecular complexity index is 680. The molecule has 0 saturated carbocycles. The third-order valence-corrected chi connectivity index (χ3v) is 3.79. The van der Waals surface area contributed by atoms with Crippen LogP contribution in [0.1, 0.15) is 16.7 Å². The molecule has 2 heteroatoms. The van der Waals surface area contributed by atoms with Crippen LogP contribution in [-0.2, 0) is 13.0 Å². The van der Waals surface area contributed by atoms with Gasteiger partial charge in [-0.05, 0) is 18.6 Å². The Morgan fingerprint density at radius 1 is 1.00 bits per heavy atom. The molecule has 3 aromatic rings. The summed E-state index contributed by atoms with van der Waals surface area (Å²) < 4.78 is 0. The van der Waals surface area contributed by atoms with Gasteiger partial charge in [0.15, 0.2) is 0 Å². The first kappa shape index (κ1) is 12.9. The first-order chi connectivity index (χ1) is 9.83. The third-order valence-electron chi connectivity index (χ3n) is 3.79. The van der Waals surface area contributed by atoms with Crippen LogP contribution in [0.15, 0.2) is 54.7 Å². The molecule has 2 aromatic carbocycles.